The number of carbonyl (C=O) groups excluding carboxylic acids is 1. The van der Waals surface area contributed by atoms with Gasteiger partial charge in [-0.3, -0.25) is 4.79 Å². The monoisotopic (exact) mass is 447 g/mol. The summed E-state index contributed by atoms with van der Waals surface area (Å²) in [6.07, 6.45) is 2.14. The molecule has 168 valence electrons. The lowest BCUT2D eigenvalue weighted by Crippen LogP contribution is -2.34. The molecule has 1 aliphatic carbocycles. The summed E-state index contributed by atoms with van der Waals surface area (Å²) in [5.74, 6) is 1.46. The van der Waals surface area contributed by atoms with Gasteiger partial charge in [0.15, 0.2) is 0 Å². The van der Waals surface area contributed by atoms with Crippen LogP contribution in [0.25, 0.3) is 0 Å². The molecule has 1 atom stereocenters. The first-order valence-electron chi connectivity index (χ1n) is 10.0. The van der Waals surface area contributed by atoms with Crippen LogP contribution in [0.2, 0.25) is 0 Å². The van der Waals surface area contributed by atoms with Gasteiger partial charge >= 0.3 is 0 Å². The van der Waals surface area contributed by atoms with Crippen LogP contribution in [0.5, 0.6) is 11.5 Å². The number of carbonyl (C=O) groups is 1. The molecule has 1 saturated carbocycles. The van der Waals surface area contributed by atoms with E-state index in [1.807, 2.05) is 24.3 Å². The topological polar surface area (TPSA) is 97.0 Å². The predicted molar refractivity (Wildman–Crippen MR) is 119 cm³/mol. The third-order valence-electron chi connectivity index (χ3n) is 5.27. The molecule has 0 aliphatic heterocycles. The van der Waals surface area contributed by atoms with Gasteiger partial charge in [-0.1, -0.05) is 12.1 Å². The van der Waals surface area contributed by atoms with E-state index < -0.39 is 10.0 Å². The Morgan fingerprint density at radius 2 is 1.77 bits per heavy atom. The first kappa shape index (κ1) is 22.9. The molecule has 0 bridgehead atoms. The molecule has 2 aromatic carbocycles. The van der Waals surface area contributed by atoms with E-state index in [1.165, 1.54) is 33.3 Å². The fraction of sp³-hybridized carbons (Fsp3) is 0.409. The van der Waals surface area contributed by atoms with Crippen LogP contribution in [-0.4, -0.2) is 53.5 Å². The van der Waals surface area contributed by atoms with Crippen molar-refractivity contribution in [3.05, 3.63) is 48.0 Å². The van der Waals surface area contributed by atoms with E-state index in [2.05, 4.69) is 10.6 Å². The van der Waals surface area contributed by atoms with Gasteiger partial charge in [-0.15, -0.1) is 0 Å². The van der Waals surface area contributed by atoms with E-state index in [1.54, 1.807) is 13.2 Å². The van der Waals surface area contributed by atoms with Crippen molar-refractivity contribution in [2.45, 2.75) is 23.8 Å². The third-order valence-corrected chi connectivity index (χ3v) is 7.08. The van der Waals surface area contributed by atoms with Crippen molar-refractivity contribution in [2.24, 2.45) is 5.92 Å². The lowest BCUT2D eigenvalue weighted by Gasteiger charge is -2.20. The zero-order valence-electron chi connectivity index (χ0n) is 18.2. The summed E-state index contributed by atoms with van der Waals surface area (Å²) in [7, 11) is 2.45. The number of amides is 1. The Bertz CT molecular complexity index is 1020. The Labute approximate surface area is 183 Å². The number of anilines is 1. The van der Waals surface area contributed by atoms with E-state index >= 15 is 0 Å². The van der Waals surface area contributed by atoms with Gasteiger partial charge in [-0.2, -0.15) is 0 Å². The minimum absolute atomic E-state index is 0.0127. The van der Waals surface area contributed by atoms with E-state index in [0.29, 0.717) is 17.4 Å². The molecular weight excluding hydrogens is 418 g/mol. The standard InChI is InChI=1S/C22H29N3O5S/c1-25(2)31(27,28)18-11-12-20(30-4)19(13-18)23-14-21(26)24-22(15-5-6-15)16-7-9-17(29-3)10-8-16/h7-13,15,22-23H,5-6,14H2,1-4H3,(H,24,26). The van der Waals surface area contributed by atoms with E-state index in [0.717, 1.165) is 28.5 Å². The van der Waals surface area contributed by atoms with Gasteiger partial charge in [0.25, 0.3) is 0 Å². The van der Waals surface area contributed by atoms with Crippen molar-refractivity contribution in [1.29, 1.82) is 0 Å². The maximum Gasteiger partial charge on any atom is 0.242 e. The van der Waals surface area contributed by atoms with Gasteiger partial charge in [0.1, 0.15) is 11.5 Å². The van der Waals surface area contributed by atoms with E-state index in [9.17, 15) is 13.2 Å². The highest BCUT2D eigenvalue weighted by Crippen LogP contribution is 2.41. The van der Waals surface area contributed by atoms with Crippen LogP contribution < -0.4 is 20.1 Å². The molecular formula is C22H29N3O5S. The molecule has 1 fully saturated rings. The quantitative estimate of drug-likeness (QED) is 0.581. The number of nitrogens with one attached hydrogen (secondary N) is 2. The Hall–Kier alpha value is -2.78. The summed E-state index contributed by atoms with van der Waals surface area (Å²) in [6, 6.07) is 12.2. The van der Waals surface area contributed by atoms with Gasteiger partial charge in [-0.25, -0.2) is 12.7 Å². The summed E-state index contributed by atoms with van der Waals surface area (Å²) in [5, 5.41) is 6.10. The van der Waals surface area contributed by atoms with E-state index in [4.69, 9.17) is 9.47 Å². The van der Waals surface area contributed by atoms with Crippen molar-refractivity contribution in [1.82, 2.24) is 9.62 Å². The SMILES string of the molecule is COc1ccc(C(NC(=O)CNc2cc(S(=O)(=O)N(C)C)ccc2OC)C2CC2)cc1. The minimum atomic E-state index is -3.60. The van der Waals surface area contributed by atoms with Crippen molar-refractivity contribution in [2.75, 3.05) is 40.2 Å². The molecule has 0 heterocycles. The highest BCUT2D eigenvalue weighted by molar-refractivity contribution is 7.89. The second-order valence-electron chi connectivity index (χ2n) is 7.66. The average molecular weight is 448 g/mol. The van der Waals surface area contributed by atoms with Gasteiger partial charge < -0.3 is 20.1 Å². The largest absolute Gasteiger partial charge is 0.497 e. The zero-order chi connectivity index (χ0) is 22.6. The average Bonchev–Trinajstić information content (AvgIpc) is 3.61. The van der Waals surface area contributed by atoms with Crippen LogP contribution in [0, 0.1) is 5.92 Å². The summed E-state index contributed by atoms with van der Waals surface area (Å²) in [6.45, 7) is -0.0127. The molecule has 0 radical (unpaired) electrons. The summed E-state index contributed by atoms with van der Waals surface area (Å²) in [4.78, 5) is 12.8. The van der Waals surface area contributed by atoms with Crippen LogP contribution in [0.15, 0.2) is 47.4 Å². The molecule has 2 aromatic rings. The Morgan fingerprint density at radius 3 is 2.32 bits per heavy atom. The molecule has 8 nitrogen and oxygen atoms in total. The highest BCUT2D eigenvalue weighted by Gasteiger charge is 2.33. The molecule has 0 spiro atoms. The van der Waals surface area contributed by atoms with Crippen LogP contribution in [0.3, 0.4) is 0 Å². The normalized spacial score (nSPS) is 14.7. The Balaban J connectivity index is 1.70. The molecule has 31 heavy (non-hydrogen) atoms. The van der Waals surface area contributed by atoms with Gasteiger partial charge in [-0.05, 0) is 54.7 Å². The first-order valence-corrected chi connectivity index (χ1v) is 11.5. The molecule has 1 amide bonds. The zero-order valence-corrected chi connectivity index (χ0v) is 19.0. The molecule has 9 heteroatoms. The van der Waals surface area contributed by atoms with Gasteiger partial charge in [0.05, 0.1) is 37.4 Å². The second-order valence-corrected chi connectivity index (χ2v) is 9.81. The number of rotatable bonds is 10. The van der Waals surface area contributed by atoms with Crippen molar-refractivity contribution < 1.29 is 22.7 Å². The smallest absolute Gasteiger partial charge is 0.242 e. The maximum absolute atomic E-state index is 12.7. The molecule has 2 N–H and O–H groups in total. The Morgan fingerprint density at radius 1 is 1.10 bits per heavy atom. The highest BCUT2D eigenvalue weighted by atomic mass is 32.2. The van der Waals surface area contributed by atoms with Crippen molar-refractivity contribution in [3.63, 3.8) is 0 Å². The molecule has 1 unspecified atom stereocenters. The van der Waals surface area contributed by atoms with E-state index in [-0.39, 0.29) is 23.4 Å². The van der Waals surface area contributed by atoms with Crippen molar-refractivity contribution >= 4 is 21.6 Å². The van der Waals surface area contributed by atoms with Gasteiger partial charge in [0, 0.05) is 14.1 Å². The number of hydrogen-bond donors (Lipinski definition) is 2. The lowest BCUT2D eigenvalue weighted by atomic mass is 10.0. The third kappa shape index (κ3) is 5.48. The number of benzene rings is 2. The first-order chi connectivity index (χ1) is 14.8. The number of methoxy groups -OCH3 is 2. The molecule has 0 saturated heterocycles. The minimum Gasteiger partial charge on any atom is -0.497 e. The lowest BCUT2D eigenvalue weighted by molar-refractivity contribution is -0.120. The van der Waals surface area contributed by atoms with Crippen LogP contribution in [0.4, 0.5) is 5.69 Å². The number of sulfonamides is 1. The fourth-order valence-corrected chi connectivity index (χ4v) is 4.24. The number of ether oxygens (including phenoxy) is 2. The predicted octanol–water partition coefficient (Wildman–Crippen LogP) is 2.63. The second kappa shape index (κ2) is 9.57. The van der Waals surface area contributed by atoms with Gasteiger partial charge in [0.2, 0.25) is 15.9 Å². The molecule has 1 aliphatic rings. The van der Waals surface area contributed by atoms with Crippen LogP contribution >= 0.6 is 0 Å². The van der Waals surface area contributed by atoms with Crippen LogP contribution in [-0.2, 0) is 14.8 Å². The molecule has 0 aromatic heterocycles. The fourth-order valence-electron chi connectivity index (χ4n) is 3.31. The summed E-state index contributed by atoms with van der Waals surface area (Å²) < 4.78 is 36.5. The van der Waals surface area contributed by atoms with Crippen LogP contribution in [0.1, 0.15) is 24.4 Å². The Kier molecular flexibility index (Phi) is 7.07. The summed E-state index contributed by atoms with van der Waals surface area (Å²) in [5.41, 5.74) is 1.47. The maximum atomic E-state index is 12.7. The molecule has 3 rings (SSSR count). The number of nitrogens with zero attached hydrogens (tertiary/aromatic N) is 1. The summed E-state index contributed by atoms with van der Waals surface area (Å²) >= 11 is 0. The van der Waals surface area contributed by atoms with Crippen molar-refractivity contribution in [3.8, 4) is 11.5 Å². The number of hydrogen-bond acceptors (Lipinski definition) is 6.